The van der Waals surface area contributed by atoms with Gasteiger partial charge in [0.25, 0.3) is 0 Å². The summed E-state index contributed by atoms with van der Waals surface area (Å²) < 4.78 is 66.8. The van der Waals surface area contributed by atoms with Crippen molar-refractivity contribution in [2.75, 3.05) is 39.4 Å². The van der Waals surface area contributed by atoms with Crippen LogP contribution < -0.4 is 0 Å². The van der Waals surface area contributed by atoms with Gasteiger partial charge in [0.1, 0.15) is 0 Å². The normalized spacial score (nSPS) is 21.3. The molecule has 2 aromatic rings. The van der Waals surface area contributed by atoms with Gasteiger partial charge in [0.05, 0.1) is 34.8 Å². The van der Waals surface area contributed by atoms with E-state index in [9.17, 15) is 36.0 Å². The summed E-state index contributed by atoms with van der Waals surface area (Å²) in [5, 5.41) is 0. The molecule has 2 heterocycles. The van der Waals surface area contributed by atoms with Gasteiger partial charge in [0, 0.05) is 48.4 Å². The Morgan fingerprint density at radius 1 is 0.682 bits per heavy atom. The van der Waals surface area contributed by atoms with Gasteiger partial charge < -0.3 is 9.47 Å². The Bertz CT molecular complexity index is 1610. The smallest absolute Gasteiger partial charge is 0.310 e. The number of ketones is 2. The fourth-order valence-corrected chi connectivity index (χ4v) is 9.06. The molecule has 0 spiro atoms. The van der Waals surface area contributed by atoms with Crippen LogP contribution in [0.1, 0.15) is 71.4 Å². The van der Waals surface area contributed by atoms with Crippen molar-refractivity contribution in [1.29, 1.82) is 0 Å². The van der Waals surface area contributed by atoms with Crippen LogP contribution in [-0.4, -0.2) is 88.3 Å². The van der Waals surface area contributed by atoms with Gasteiger partial charge in [-0.1, -0.05) is 0 Å². The Morgan fingerprint density at radius 2 is 1.07 bits per heavy atom. The van der Waals surface area contributed by atoms with Crippen LogP contribution in [-0.2, 0) is 39.1 Å². The second kappa shape index (κ2) is 12.5. The number of benzene rings is 2. The number of ether oxygens (including phenoxy) is 2. The summed E-state index contributed by atoms with van der Waals surface area (Å²) in [6, 6.07) is 7.36. The van der Waals surface area contributed by atoms with Crippen LogP contribution in [0.25, 0.3) is 0 Å². The Labute approximate surface area is 256 Å². The summed E-state index contributed by atoms with van der Waals surface area (Å²) in [4.78, 5) is 51.2. The molecular weight excluding hydrogens is 612 g/mol. The maximum absolute atomic E-state index is 13.7. The minimum atomic E-state index is -4.14. The molecule has 2 unspecified atom stereocenters. The summed E-state index contributed by atoms with van der Waals surface area (Å²) in [6.07, 6.45) is 1.89. The van der Waals surface area contributed by atoms with Gasteiger partial charge in [0.15, 0.2) is 11.6 Å². The number of hydrogen-bond acceptors (Lipinski definition) is 10. The largest absolute Gasteiger partial charge is 0.466 e. The molecule has 1 aliphatic carbocycles. The Kier molecular flexibility index (Phi) is 9.08. The van der Waals surface area contributed by atoms with Crippen LogP contribution >= 0.6 is 0 Å². The molecule has 236 valence electrons. The number of carbonyl (C=O) groups excluding carboxylic acids is 4. The molecule has 3 aliphatic rings. The van der Waals surface area contributed by atoms with Crippen LogP contribution in [0.4, 0.5) is 0 Å². The molecule has 44 heavy (non-hydrogen) atoms. The standard InChI is InChI=1S/C30H34N2O10S2/c1-3-41-29(35)19-7-5-13-31(17-19)43(37,38)21-9-11-23-25(15-21)28(34)26-16-22(10-12-24(26)27(23)33)44(39,40)32-14-6-8-20(18-32)30(36)42-4-2/h9-12,15-16,19-20H,3-8,13-14,17-18H2,1-2H3. The molecule has 14 heteroatoms. The first-order chi connectivity index (χ1) is 20.9. The minimum Gasteiger partial charge on any atom is -0.466 e. The zero-order valence-electron chi connectivity index (χ0n) is 24.5. The molecule has 0 aromatic heterocycles. The van der Waals surface area contributed by atoms with Crippen molar-refractivity contribution < 1.29 is 45.5 Å². The van der Waals surface area contributed by atoms with E-state index >= 15 is 0 Å². The number of esters is 2. The number of hydrogen-bond donors (Lipinski definition) is 0. The third-order valence-electron chi connectivity index (χ3n) is 8.24. The molecule has 2 atom stereocenters. The molecule has 2 saturated heterocycles. The number of fused-ring (bicyclic) bond motifs is 2. The van der Waals surface area contributed by atoms with E-state index in [0.717, 1.165) is 12.1 Å². The van der Waals surface area contributed by atoms with Crippen LogP contribution in [0.3, 0.4) is 0 Å². The molecule has 5 rings (SSSR count). The van der Waals surface area contributed by atoms with Crippen molar-refractivity contribution in [3.8, 4) is 0 Å². The lowest BCUT2D eigenvalue weighted by molar-refractivity contribution is -0.150. The van der Waals surface area contributed by atoms with Gasteiger partial charge in [-0.3, -0.25) is 19.2 Å². The Morgan fingerprint density at radius 3 is 1.45 bits per heavy atom. The number of nitrogens with zero attached hydrogens (tertiary/aromatic N) is 2. The summed E-state index contributed by atoms with van der Waals surface area (Å²) >= 11 is 0. The van der Waals surface area contributed by atoms with Gasteiger partial charge in [-0.05, 0) is 75.9 Å². The number of rotatable bonds is 8. The van der Waals surface area contributed by atoms with Crippen LogP contribution in [0.15, 0.2) is 46.2 Å². The summed E-state index contributed by atoms with van der Waals surface area (Å²) in [5.74, 6) is -3.39. The fraction of sp³-hybridized carbons (Fsp3) is 0.467. The molecule has 2 fully saturated rings. The molecular formula is C30H34N2O10S2. The maximum Gasteiger partial charge on any atom is 0.310 e. The molecule has 0 bridgehead atoms. The van der Waals surface area contributed by atoms with E-state index in [0.29, 0.717) is 25.7 Å². The summed E-state index contributed by atoms with van der Waals surface area (Å²) in [7, 11) is -8.27. The second-order valence-corrected chi connectivity index (χ2v) is 14.9. The van der Waals surface area contributed by atoms with E-state index in [4.69, 9.17) is 9.47 Å². The monoisotopic (exact) mass is 646 g/mol. The van der Waals surface area contributed by atoms with Gasteiger partial charge in [0.2, 0.25) is 20.0 Å². The van der Waals surface area contributed by atoms with Gasteiger partial charge in [-0.15, -0.1) is 0 Å². The lowest BCUT2D eigenvalue weighted by atomic mass is 9.84. The van der Waals surface area contributed by atoms with E-state index in [1.807, 2.05) is 0 Å². The van der Waals surface area contributed by atoms with E-state index < -0.39 is 55.4 Å². The highest BCUT2D eigenvalue weighted by Crippen LogP contribution is 2.33. The molecule has 2 aromatic carbocycles. The zero-order valence-corrected chi connectivity index (χ0v) is 26.1. The second-order valence-electron chi connectivity index (χ2n) is 11.0. The van der Waals surface area contributed by atoms with E-state index in [1.54, 1.807) is 13.8 Å². The molecule has 0 N–H and O–H groups in total. The molecule has 0 radical (unpaired) electrons. The van der Waals surface area contributed by atoms with Crippen molar-refractivity contribution in [1.82, 2.24) is 8.61 Å². The molecule has 12 nitrogen and oxygen atoms in total. The number of sulfonamides is 2. The average molecular weight is 647 g/mol. The third-order valence-corrected chi connectivity index (χ3v) is 12.0. The topological polar surface area (TPSA) is 161 Å². The van der Waals surface area contributed by atoms with Crippen molar-refractivity contribution in [2.24, 2.45) is 11.8 Å². The first-order valence-corrected chi connectivity index (χ1v) is 17.5. The van der Waals surface area contributed by atoms with Crippen molar-refractivity contribution in [2.45, 2.75) is 49.3 Å². The first-order valence-electron chi connectivity index (χ1n) is 14.6. The minimum absolute atomic E-state index is 0.00779. The highest BCUT2D eigenvalue weighted by Gasteiger charge is 2.38. The molecule has 0 amide bonds. The van der Waals surface area contributed by atoms with Gasteiger partial charge in [-0.2, -0.15) is 8.61 Å². The number of piperidine rings is 2. The Balaban J connectivity index is 1.43. The average Bonchev–Trinajstić information content (AvgIpc) is 3.03. The number of carbonyl (C=O) groups is 4. The summed E-state index contributed by atoms with van der Waals surface area (Å²) in [5.41, 5.74) is -0.295. The quantitative estimate of drug-likeness (QED) is 0.332. The first kappa shape index (κ1) is 31.9. The predicted octanol–water partition coefficient (Wildman–Crippen LogP) is 2.39. The van der Waals surface area contributed by atoms with Gasteiger partial charge in [-0.25, -0.2) is 16.8 Å². The highest BCUT2D eigenvalue weighted by atomic mass is 32.2. The lowest BCUT2D eigenvalue weighted by Gasteiger charge is -2.31. The molecule has 2 aliphatic heterocycles. The maximum atomic E-state index is 13.7. The Hall–Kier alpha value is -3.46. The zero-order chi connectivity index (χ0) is 31.8. The van der Waals surface area contributed by atoms with Crippen molar-refractivity contribution in [3.05, 3.63) is 58.7 Å². The van der Waals surface area contributed by atoms with Gasteiger partial charge >= 0.3 is 11.9 Å². The SMILES string of the molecule is CCOC(=O)C1CCCN(S(=O)(=O)c2ccc3c(c2)C(=O)c2cc(S(=O)(=O)N4CCCC(C(=O)OCC)C4)ccc2C3=O)C1. The molecule has 0 saturated carbocycles. The fourth-order valence-electron chi connectivity index (χ4n) is 5.95. The van der Waals surface area contributed by atoms with Crippen LogP contribution in [0.5, 0.6) is 0 Å². The summed E-state index contributed by atoms with van der Waals surface area (Å²) in [6.45, 7) is 3.93. The van der Waals surface area contributed by atoms with Crippen LogP contribution in [0, 0.1) is 11.8 Å². The van der Waals surface area contributed by atoms with Crippen molar-refractivity contribution in [3.63, 3.8) is 0 Å². The van der Waals surface area contributed by atoms with Crippen molar-refractivity contribution >= 4 is 43.6 Å². The highest BCUT2D eigenvalue weighted by molar-refractivity contribution is 7.89. The lowest BCUT2D eigenvalue weighted by Crippen LogP contribution is -2.43. The van der Waals surface area contributed by atoms with E-state index in [-0.39, 0.29) is 71.4 Å². The van der Waals surface area contributed by atoms with E-state index in [1.165, 1.54) is 32.9 Å². The van der Waals surface area contributed by atoms with Crippen LogP contribution in [0.2, 0.25) is 0 Å². The predicted molar refractivity (Wildman–Crippen MR) is 156 cm³/mol. The third kappa shape index (κ3) is 5.83. The van der Waals surface area contributed by atoms with E-state index in [2.05, 4.69) is 0 Å².